The Kier molecular flexibility index (Phi) is 5.82. The van der Waals surface area contributed by atoms with E-state index in [0.29, 0.717) is 35.2 Å². The normalized spacial score (nSPS) is 23.0. The first-order valence-corrected chi connectivity index (χ1v) is 10.0. The van der Waals surface area contributed by atoms with Crippen molar-refractivity contribution in [2.75, 3.05) is 6.54 Å². The van der Waals surface area contributed by atoms with Gasteiger partial charge in [-0.2, -0.15) is 0 Å². The molecule has 1 aromatic heterocycles. The Morgan fingerprint density at radius 3 is 2.76 bits per heavy atom. The average Bonchev–Trinajstić information content (AvgIpc) is 3.03. The summed E-state index contributed by atoms with van der Waals surface area (Å²) in [6, 6.07) is 2.17. The average molecular weight is 331 g/mol. The van der Waals surface area contributed by atoms with Crippen LogP contribution in [0.4, 0.5) is 0 Å². The van der Waals surface area contributed by atoms with Crippen LogP contribution < -0.4 is 10.0 Å². The van der Waals surface area contributed by atoms with Crippen LogP contribution in [-0.4, -0.2) is 21.0 Å². The summed E-state index contributed by atoms with van der Waals surface area (Å²) in [4.78, 5) is 0. The summed E-state index contributed by atoms with van der Waals surface area (Å²) in [6.45, 7) is 7.65. The Bertz CT molecular complexity index is 552. The summed E-state index contributed by atoms with van der Waals surface area (Å²) in [5.41, 5.74) is 1.03. The molecule has 120 valence electrons. The van der Waals surface area contributed by atoms with Gasteiger partial charge in [0, 0.05) is 19.1 Å². The van der Waals surface area contributed by atoms with Gasteiger partial charge in [0.1, 0.15) is 4.21 Å². The summed E-state index contributed by atoms with van der Waals surface area (Å²) in [6.07, 6.45) is 3.58. The monoisotopic (exact) mass is 330 g/mol. The third kappa shape index (κ3) is 4.77. The van der Waals surface area contributed by atoms with Crippen LogP contribution in [-0.2, 0) is 16.6 Å². The van der Waals surface area contributed by atoms with Gasteiger partial charge in [0.05, 0.1) is 0 Å². The fourth-order valence-corrected chi connectivity index (χ4v) is 5.07. The van der Waals surface area contributed by atoms with E-state index in [-0.39, 0.29) is 0 Å². The van der Waals surface area contributed by atoms with Crippen LogP contribution in [0.2, 0.25) is 0 Å². The Balaban J connectivity index is 1.92. The lowest BCUT2D eigenvalue weighted by molar-refractivity contribution is 0.414. The van der Waals surface area contributed by atoms with Gasteiger partial charge in [-0.25, -0.2) is 13.1 Å². The van der Waals surface area contributed by atoms with E-state index in [1.807, 2.05) is 5.38 Å². The van der Waals surface area contributed by atoms with Crippen LogP contribution >= 0.6 is 11.3 Å². The minimum absolute atomic E-state index is 0.395. The van der Waals surface area contributed by atoms with Crippen molar-refractivity contribution >= 4 is 21.4 Å². The van der Waals surface area contributed by atoms with E-state index < -0.39 is 10.0 Å². The molecule has 0 radical (unpaired) electrons. The molecule has 1 saturated carbocycles. The van der Waals surface area contributed by atoms with Gasteiger partial charge in [-0.1, -0.05) is 33.6 Å². The van der Waals surface area contributed by atoms with Gasteiger partial charge < -0.3 is 5.32 Å². The molecule has 0 aliphatic heterocycles. The minimum atomic E-state index is -3.35. The van der Waals surface area contributed by atoms with Crippen LogP contribution in [0.1, 0.15) is 45.6 Å². The Morgan fingerprint density at radius 1 is 1.38 bits per heavy atom. The number of sulfonamides is 1. The molecule has 0 spiro atoms. The fourth-order valence-electron chi connectivity index (χ4n) is 2.72. The molecule has 1 aliphatic carbocycles. The predicted molar refractivity (Wildman–Crippen MR) is 88.0 cm³/mol. The van der Waals surface area contributed by atoms with Crippen LogP contribution in [0.3, 0.4) is 0 Å². The van der Waals surface area contributed by atoms with Crippen molar-refractivity contribution in [2.24, 2.45) is 11.8 Å². The molecule has 4 nitrogen and oxygen atoms in total. The zero-order chi connectivity index (χ0) is 15.5. The van der Waals surface area contributed by atoms with Gasteiger partial charge >= 0.3 is 0 Å². The van der Waals surface area contributed by atoms with Crippen molar-refractivity contribution in [3.8, 4) is 0 Å². The molecular formula is C15H26N2O2S2. The van der Waals surface area contributed by atoms with Crippen molar-refractivity contribution in [3.05, 3.63) is 17.0 Å². The zero-order valence-electron chi connectivity index (χ0n) is 13.1. The van der Waals surface area contributed by atoms with Gasteiger partial charge in [0.2, 0.25) is 10.0 Å². The first-order chi connectivity index (χ1) is 9.88. The second-order valence-electron chi connectivity index (χ2n) is 6.33. The second-order valence-corrected chi connectivity index (χ2v) is 9.23. The SMILES string of the molecule is CC(C)NCc1csc(S(=O)(=O)NCC2CCCC2C)c1. The first kappa shape index (κ1) is 16.9. The summed E-state index contributed by atoms with van der Waals surface area (Å²) in [5, 5.41) is 5.22. The van der Waals surface area contributed by atoms with E-state index in [2.05, 4.69) is 30.8 Å². The maximum absolute atomic E-state index is 12.3. The summed E-state index contributed by atoms with van der Waals surface area (Å²) in [5.74, 6) is 1.11. The molecule has 1 aliphatic rings. The van der Waals surface area contributed by atoms with E-state index in [1.54, 1.807) is 6.07 Å². The topological polar surface area (TPSA) is 58.2 Å². The van der Waals surface area contributed by atoms with E-state index >= 15 is 0 Å². The molecule has 0 aromatic carbocycles. The molecule has 0 bridgehead atoms. The number of thiophene rings is 1. The molecule has 1 fully saturated rings. The number of hydrogen-bond acceptors (Lipinski definition) is 4. The van der Waals surface area contributed by atoms with E-state index in [9.17, 15) is 8.42 Å². The van der Waals surface area contributed by atoms with Crippen molar-refractivity contribution in [3.63, 3.8) is 0 Å². The highest BCUT2D eigenvalue weighted by molar-refractivity contribution is 7.91. The quantitative estimate of drug-likeness (QED) is 0.808. The van der Waals surface area contributed by atoms with Gasteiger partial charge in [0.25, 0.3) is 0 Å². The number of nitrogens with one attached hydrogen (secondary N) is 2. The van der Waals surface area contributed by atoms with Crippen molar-refractivity contribution in [1.29, 1.82) is 0 Å². The summed E-state index contributed by atoms with van der Waals surface area (Å²) in [7, 11) is -3.35. The largest absolute Gasteiger partial charge is 0.310 e. The lowest BCUT2D eigenvalue weighted by atomic mass is 9.99. The van der Waals surface area contributed by atoms with Gasteiger partial charge in [-0.3, -0.25) is 0 Å². The number of hydrogen-bond donors (Lipinski definition) is 2. The van der Waals surface area contributed by atoms with Crippen molar-refractivity contribution in [2.45, 2.75) is 56.8 Å². The molecule has 0 saturated heterocycles. The second kappa shape index (κ2) is 7.22. The van der Waals surface area contributed by atoms with Crippen LogP contribution in [0.25, 0.3) is 0 Å². The minimum Gasteiger partial charge on any atom is -0.310 e. The lowest BCUT2D eigenvalue weighted by Gasteiger charge is -2.15. The third-order valence-electron chi connectivity index (χ3n) is 4.18. The molecule has 2 unspecified atom stereocenters. The molecule has 2 atom stereocenters. The Hall–Kier alpha value is -0.430. The fraction of sp³-hybridized carbons (Fsp3) is 0.733. The predicted octanol–water partition coefficient (Wildman–Crippen LogP) is 2.96. The Labute approximate surface area is 132 Å². The molecule has 2 N–H and O–H groups in total. The maximum atomic E-state index is 12.3. The number of rotatable bonds is 7. The third-order valence-corrected chi connectivity index (χ3v) is 7.10. The molecule has 1 aromatic rings. The molecule has 21 heavy (non-hydrogen) atoms. The molecule has 0 amide bonds. The molecule has 1 heterocycles. The van der Waals surface area contributed by atoms with Gasteiger partial charge in [0.15, 0.2) is 0 Å². The Morgan fingerprint density at radius 2 is 2.14 bits per heavy atom. The summed E-state index contributed by atoms with van der Waals surface area (Å²) < 4.78 is 27.9. The maximum Gasteiger partial charge on any atom is 0.250 e. The van der Waals surface area contributed by atoms with Crippen molar-refractivity contribution < 1.29 is 8.42 Å². The van der Waals surface area contributed by atoms with Crippen molar-refractivity contribution in [1.82, 2.24) is 10.0 Å². The zero-order valence-corrected chi connectivity index (χ0v) is 14.7. The molecular weight excluding hydrogens is 304 g/mol. The van der Waals surface area contributed by atoms with Gasteiger partial charge in [-0.05, 0) is 35.3 Å². The highest BCUT2D eigenvalue weighted by atomic mass is 32.2. The van der Waals surface area contributed by atoms with Crippen LogP contribution in [0.15, 0.2) is 15.7 Å². The molecule has 6 heteroatoms. The standard InChI is InChI=1S/C15H26N2O2S2/c1-11(2)16-8-13-7-15(20-10-13)21(18,19)17-9-14-6-4-5-12(14)3/h7,10-12,14,16-17H,4-6,8-9H2,1-3H3. The highest BCUT2D eigenvalue weighted by Crippen LogP contribution is 2.31. The van der Waals surface area contributed by atoms with E-state index in [0.717, 1.165) is 12.0 Å². The van der Waals surface area contributed by atoms with E-state index in [4.69, 9.17) is 0 Å². The molecule has 2 rings (SSSR count). The van der Waals surface area contributed by atoms with Gasteiger partial charge in [-0.15, -0.1) is 11.3 Å². The lowest BCUT2D eigenvalue weighted by Crippen LogP contribution is -2.29. The van der Waals surface area contributed by atoms with Crippen LogP contribution in [0.5, 0.6) is 0 Å². The smallest absolute Gasteiger partial charge is 0.250 e. The summed E-state index contributed by atoms with van der Waals surface area (Å²) >= 11 is 1.30. The highest BCUT2D eigenvalue weighted by Gasteiger charge is 2.25. The van der Waals surface area contributed by atoms with Crippen LogP contribution in [0, 0.1) is 11.8 Å². The van der Waals surface area contributed by atoms with E-state index in [1.165, 1.54) is 24.2 Å². The first-order valence-electron chi connectivity index (χ1n) is 7.69.